The Bertz CT molecular complexity index is 184. The van der Waals surface area contributed by atoms with Crippen molar-refractivity contribution in [1.29, 1.82) is 0 Å². The third-order valence-corrected chi connectivity index (χ3v) is 2.83. The minimum atomic E-state index is 0.777. The summed E-state index contributed by atoms with van der Waals surface area (Å²) < 4.78 is 0. The molecule has 2 rings (SSSR count). The van der Waals surface area contributed by atoms with Gasteiger partial charge < -0.3 is 0 Å². The van der Waals surface area contributed by atoms with Gasteiger partial charge in [-0.1, -0.05) is 26.0 Å². The fourth-order valence-electron chi connectivity index (χ4n) is 1.73. The van der Waals surface area contributed by atoms with Crippen LogP contribution in [0.25, 0.3) is 0 Å². The molecule has 0 amide bonds. The van der Waals surface area contributed by atoms with Gasteiger partial charge in [0, 0.05) is 0 Å². The van der Waals surface area contributed by atoms with Gasteiger partial charge in [-0.15, -0.1) is 0 Å². The molecule has 10 heavy (non-hydrogen) atoms. The highest BCUT2D eigenvalue weighted by molar-refractivity contribution is 5.42. The molecular weight excluding hydrogens is 120 g/mol. The van der Waals surface area contributed by atoms with Crippen LogP contribution in [-0.2, 0) is 0 Å². The van der Waals surface area contributed by atoms with Crippen molar-refractivity contribution in [3.05, 3.63) is 23.3 Å². The number of hydrogen-bond acceptors (Lipinski definition) is 0. The van der Waals surface area contributed by atoms with Crippen molar-refractivity contribution in [2.24, 2.45) is 11.8 Å². The molecule has 1 fully saturated rings. The summed E-state index contributed by atoms with van der Waals surface area (Å²) in [7, 11) is 0. The third kappa shape index (κ3) is 0.749. The zero-order valence-corrected chi connectivity index (χ0v) is 6.72. The van der Waals surface area contributed by atoms with Crippen molar-refractivity contribution in [1.82, 2.24) is 0 Å². The van der Waals surface area contributed by atoms with Crippen LogP contribution in [0, 0.1) is 11.8 Å². The van der Waals surface area contributed by atoms with Gasteiger partial charge in [0.05, 0.1) is 0 Å². The molecule has 0 nitrogen and oxygen atoms in total. The molecule has 0 heteroatoms. The number of hydrogen-bond donors (Lipinski definition) is 0. The number of rotatable bonds is 0. The van der Waals surface area contributed by atoms with Crippen LogP contribution < -0.4 is 0 Å². The second-order valence-electron chi connectivity index (χ2n) is 3.60. The van der Waals surface area contributed by atoms with Crippen LogP contribution in [0.2, 0.25) is 0 Å². The van der Waals surface area contributed by atoms with Gasteiger partial charge >= 0.3 is 0 Å². The predicted molar refractivity (Wildman–Crippen MR) is 43.7 cm³/mol. The molecule has 2 aliphatic carbocycles. The van der Waals surface area contributed by atoms with E-state index < -0.39 is 0 Å². The summed E-state index contributed by atoms with van der Waals surface area (Å²) in [6.45, 7) is 4.62. The van der Waals surface area contributed by atoms with Crippen molar-refractivity contribution >= 4 is 0 Å². The minimum absolute atomic E-state index is 0.777. The molecule has 0 radical (unpaired) electrons. The van der Waals surface area contributed by atoms with E-state index in [9.17, 15) is 0 Å². The summed E-state index contributed by atoms with van der Waals surface area (Å²) in [4.78, 5) is 0. The second kappa shape index (κ2) is 1.98. The summed E-state index contributed by atoms with van der Waals surface area (Å²) in [5.41, 5.74) is 3.26. The Hall–Kier alpha value is -0.520. The molecule has 0 bridgehead atoms. The Morgan fingerprint density at radius 3 is 1.70 bits per heavy atom. The smallest absolute Gasteiger partial charge is 0.0195 e. The minimum Gasteiger partial charge on any atom is -0.0776 e. The molecule has 0 aliphatic heterocycles. The maximum Gasteiger partial charge on any atom is -0.0195 e. The van der Waals surface area contributed by atoms with Crippen LogP contribution in [-0.4, -0.2) is 0 Å². The molecule has 0 unspecified atom stereocenters. The number of fused-ring (bicyclic) bond motifs is 1. The quantitative estimate of drug-likeness (QED) is 0.478. The Labute approximate surface area is 62.6 Å². The van der Waals surface area contributed by atoms with Crippen molar-refractivity contribution in [2.45, 2.75) is 26.7 Å². The van der Waals surface area contributed by atoms with E-state index in [-0.39, 0.29) is 0 Å². The highest BCUT2D eigenvalue weighted by atomic mass is 14.3. The van der Waals surface area contributed by atoms with Crippen molar-refractivity contribution in [2.75, 3.05) is 0 Å². The molecule has 2 aliphatic rings. The van der Waals surface area contributed by atoms with E-state index >= 15 is 0 Å². The summed E-state index contributed by atoms with van der Waals surface area (Å²) in [6, 6.07) is 0. The molecule has 0 heterocycles. The zero-order valence-electron chi connectivity index (χ0n) is 6.72. The average Bonchev–Trinajstić information content (AvgIpc) is 1.89. The Morgan fingerprint density at radius 2 is 1.40 bits per heavy atom. The predicted octanol–water partition coefficient (Wildman–Crippen LogP) is 2.92. The lowest BCUT2D eigenvalue weighted by Gasteiger charge is -2.31. The normalized spacial score (nSPS) is 37.4. The Morgan fingerprint density at radius 1 is 1.00 bits per heavy atom. The molecule has 0 saturated heterocycles. The van der Waals surface area contributed by atoms with E-state index in [1.54, 1.807) is 11.1 Å². The highest BCUT2D eigenvalue weighted by Gasteiger charge is 2.23. The molecule has 0 spiro atoms. The van der Waals surface area contributed by atoms with Gasteiger partial charge in [-0.05, 0) is 35.8 Å². The van der Waals surface area contributed by atoms with Gasteiger partial charge in [0.25, 0.3) is 0 Å². The van der Waals surface area contributed by atoms with Gasteiger partial charge in [-0.2, -0.15) is 0 Å². The maximum absolute atomic E-state index is 2.45. The standard InChI is InChI=1S/C10H14/c1-7-5-9-3-4-10(9)6-8(7)2/h5-8H,3-4H2,1-2H3/t7-,8+. The van der Waals surface area contributed by atoms with Crippen LogP contribution in [0.1, 0.15) is 26.7 Å². The van der Waals surface area contributed by atoms with Crippen LogP contribution >= 0.6 is 0 Å². The van der Waals surface area contributed by atoms with E-state index in [2.05, 4.69) is 26.0 Å². The largest absolute Gasteiger partial charge is 0.0776 e. The molecule has 0 aromatic heterocycles. The molecule has 0 aromatic carbocycles. The lowest BCUT2D eigenvalue weighted by atomic mass is 9.75. The zero-order chi connectivity index (χ0) is 7.14. The summed E-state index contributed by atoms with van der Waals surface area (Å²) in [5, 5.41) is 0. The topological polar surface area (TPSA) is 0 Å². The van der Waals surface area contributed by atoms with Gasteiger partial charge in [0.1, 0.15) is 0 Å². The van der Waals surface area contributed by atoms with Crippen molar-refractivity contribution in [3.63, 3.8) is 0 Å². The van der Waals surface area contributed by atoms with Crippen LogP contribution in [0.5, 0.6) is 0 Å². The molecule has 0 N–H and O–H groups in total. The van der Waals surface area contributed by atoms with Gasteiger partial charge in [0.15, 0.2) is 0 Å². The lowest BCUT2D eigenvalue weighted by Crippen LogP contribution is -2.15. The first kappa shape index (κ1) is 6.21. The fraction of sp³-hybridized carbons (Fsp3) is 0.600. The SMILES string of the molecule is C[C@@H]1C=C2CCC2=C[C@@H]1C. The van der Waals surface area contributed by atoms with E-state index in [1.807, 2.05) is 0 Å². The third-order valence-electron chi connectivity index (χ3n) is 2.83. The van der Waals surface area contributed by atoms with Crippen molar-refractivity contribution < 1.29 is 0 Å². The molecule has 54 valence electrons. The number of allylic oxidation sites excluding steroid dienone is 4. The lowest BCUT2D eigenvalue weighted by molar-refractivity contribution is 0.525. The van der Waals surface area contributed by atoms with Gasteiger partial charge in [-0.25, -0.2) is 0 Å². The van der Waals surface area contributed by atoms with E-state index in [0.717, 1.165) is 11.8 Å². The Balaban J connectivity index is 2.26. The first-order valence-electron chi connectivity index (χ1n) is 4.19. The average molecular weight is 134 g/mol. The summed E-state index contributed by atoms with van der Waals surface area (Å²) >= 11 is 0. The van der Waals surface area contributed by atoms with E-state index in [1.165, 1.54) is 12.8 Å². The summed E-state index contributed by atoms with van der Waals surface area (Å²) in [6.07, 6.45) is 7.57. The molecule has 0 aromatic rings. The molecule has 2 atom stereocenters. The molecular formula is C10H14. The monoisotopic (exact) mass is 134 g/mol. The second-order valence-corrected chi connectivity index (χ2v) is 3.60. The maximum atomic E-state index is 2.45. The first-order valence-corrected chi connectivity index (χ1v) is 4.19. The van der Waals surface area contributed by atoms with Crippen LogP contribution in [0.15, 0.2) is 23.3 Å². The van der Waals surface area contributed by atoms with Crippen LogP contribution in [0.3, 0.4) is 0 Å². The Kier molecular flexibility index (Phi) is 1.23. The van der Waals surface area contributed by atoms with Gasteiger partial charge in [-0.3, -0.25) is 0 Å². The van der Waals surface area contributed by atoms with Crippen molar-refractivity contribution in [3.8, 4) is 0 Å². The van der Waals surface area contributed by atoms with E-state index in [0.29, 0.717) is 0 Å². The van der Waals surface area contributed by atoms with Gasteiger partial charge in [0.2, 0.25) is 0 Å². The van der Waals surface area contributed by atoms with Crippen LogP contribution in [0.4, 0.5) is 0 Å². The molecule has 1 saturated carbocycles. The summed E-state index contributed by atoms with van der Waals surface area (Å²) in [5.74, 6) is 1.55. The first-order chi connectivity index (χ1) is 4.77. The highest BCUT2D eigenvalue weighted by Crippen LogP contribution is 2.39. The van der Waals surface area contributed by atoms with E-state index in [4.69, 9.17) is 0 Å². The fourth-order valence-corrected chi connectivity index (χ4v) is 1.73.